The van der Waals surface area contributed by atoms with Crippen molar-refractivity contribution in [3.8, 4) is 0 Å². The zero-order chi connectivity index (χ0) is 13.3. The standard InChI is InChI=1S/C13H22ClN3O/c1-4-10-12(14)11(17(3)15-10)9-13(18)5-7-16(2)8-6-13/h18H,4-9H2,1-3H3. The van der Waals surface area contributed by atoms with Gasteiger partial charge in [-0.2, -0.15) is 5.10 Å². The fourth-order valence-corrected chi connectivity index (χ4v) is 2.90. The number of rotatable bonds is 3. The molecule has 0 aromatic carbocycles. The van der Waals surface area contributed by atoms with Crippen molar-refractivity contribution < 1.29 is 5.11 Å². The molecule has 1 aromatic heterocycles. The van der Waals surface area contributed by atoms with Gasteiger partial charge in [0.1, 0.15) is 0 Å². The predicted molar refractivity (Wildman–Crippen MR) is 73.0 cm³/mol. The van der Waals surface area contributed by atoms with Gasteiger partial charge in [-0.1, -0.05) is 18.5 Å². The largest absolute Gasteiger partial charge is 0.389 e. The minimum atomic E-state index is -0.630. The molecular weight excluding hydrogens is 250 g/mol. The Balaban J connectivity index is 2.16. The van der Waals surface area contributed by atoms with Crippen molar-refractivity contribution in [2.45, 2.75) is 38.2 Å². The Morgan fingerprint density at radius 2 is 1.94 bits per heavy atom. The molecule has 0 unspecified atom stereocenters. The summed E-state index contributed by atoms with van der Waals surface area (Å²) in [4.78, 5) is 2.25. The van der Waals surface area contributed by atoms with Crippen LogP contribution in [0.1, 0.15) is 31.2 Å². The summed E-state index contributed by atoms with van der Waals surface area (Å²) in [6.45, 7) is 3.92. The zero-order valence-corrected chi connectivity index (χ0v) is 12.2. The second-order valence-electron chi connectivity index (χ2n) is 5.39. The first-order valence-electron chi connectivity index (χ1n) is 6.56. The van der Waals surface area contributed by atoms with Gasteiger partial charge in [0, 0.05) is 26.6 Å². The van der Waals surface area contributed by atoms with Crippen molar-refractivity contribution in [1.29, 1.82) is 0 Å². The molecule has 102 valence electrons. The number of hydrogen-bond acceptors (Lipinski definition) is 3. The van der Waals surface area contributed by atoms with Crippen molar-refractivity contribution in [3.05, 3.63) is 16.4 Å². The van der Waals surface area contributed by atoms with Gasteiger partial charge in [0.25, 0.3) is 0 Å². The Hall–Kier alpha value is -0.580. The van der Waals surface area contributed by atoms with Crippen LogP contribution in [0, 0.1) is 0 Å². The fourth-order valence-electron chi connectivity index (χ4n) is 2.54. The summed E-state index contributed by atoms with van der Waals surface area (Å²) in [5.41, 5.74) is 1.25. The number of nitrogens with zero attached hydrogens (tertiary/aromatic N) is 3. The molecule has 1 N–H and O–H groups in total. The highest BCUT2D eigenvalue weighted by Gasteiger charge is 2.33. The summed E-state index contributed by atoms with van der Waals surface area (Å²) in [5, 5.41) is 15.8. The highest BCUT2D eigenvalue weighted by Crippen LogP contribution is 2.30. The maximum Gasteiger partial charge on any atom is 0.0850 e. The van der Waals surface area contributed by atoms with Crippen molar-refractivity contribution >= 4 is 11.6 Å². The second-order valence-corrected chi connectivity index (χ2v) is 5.77. The van der Waals surface area contributed by atoms with Gasteiger partial charge in [-0.3, -0.25) is 4.68 Å². The third kappa shape index (κ3) is 2.71. The molecule has 18 heavy (non-hydrogen) atoms. The Kier molecular flexibility index (Phi) is 3.99. The van der Waals surface area contributed by atoms with Crippen LogP contribution >= 0.6 is 11.6 Å². The third-order valence-corrected chi connectivity index (χ3v) is 4.35. The topological polar surface area (TPSA) is 41.3 Å². The third-order valence-electron chi connectivity index (χ3n) is 3.92. The molecule has 1 saturated heterocycles. The summed E-state index contributed by atoms with van der Waals surface area (Å²) in [6, 6.07) is 0. The lowest BCUT2D eigenvalue weighted by atomic mass is 9.87. The molecular formula is C13H22ClN3O. The molecule has 1 aliphatic rings. The Labute approximate surface area is 114 Å². The second kappa shape index (κ2) is 5.19. The minimum absolute atomic E-state index is 0.600. The van der Waals surface area contributed by atoms with Gasteiger partial charge >= 0.3 is 0 Å². The number of aryl methyl sites for hydroxylation is 2. The fraction of sp³-hybridized carbons (Fsp3) is 0.769. The molecule has 5 heteroatoms. The number of likely N-dealkylation sites (tertiary alicyclic amines) is 1. The number of hydrogen-bond donors (Lipinski definition) is 1. The van der Waals surface area contributed by atoms with Gasteiger partial charge in [-0.25, -0.2) is 0 Å². The van der Waals surface area contributed by atoms with E-state index in [9.17, 15) is 5.11 Å². The molecule has 4 nitrogen and oxygen atoms in total. The van der Waals surface area contributed by atoms with E-state index in [1.165, 1.54) is 0 Å². The van der Waals surface area contributed by atoms with E-state index in [-0.39, 0.29) is 0 Å². The first kappa shape index (κ1) is 13.8. The van der Waals surface area contributed by atoms with Crippen LogP contribution < -0.4 is 0 Å². The van der Waals surface area contributed by atoms with Gasteiger partial charge < -0.3 is 10.0 Å². The van der Waals surface area contributed by atoms with Crippen LogP contribution in [0.15, 0.2) is 0 Å². The average Bonchev–Trinajstić information content (AvgIpc) is 2.61. The van der Waals surface area contributed by atoms with Crippen molar-refractivity contribution in [2.24, 2.45) is 7.05 Å². The Morgan fingerprint density at radius 3 is 2.44 bits per heavy atom. The van der Waals surface area contributed by atoms with E-state index in [0.717, 1.165) is 48.8 Å². The average molecular weight is 272 g/mol. The van der Waals surface area contributed by atoms with Crippen LogP contribution in [0.5, 0.6) is 0 Å². The molecule has 0 aliphatic carbocycles. The number of aliphatic hydroxyl groups is 1. The molecule has 1 fully saturated rings. The highest BCUT2D eigenvalue weighted by atomic mass is 35.5. The number of aromatic nitrogens is 2. The van der Waals surface area contributed by atoms with Crippen LogP contribution in [-0.2, 0) is 19.9 Å². The van der Waals surface area contributed by atoms with Crippen LogP contribution in [0.4, 0.5) is 0 Å². The van der Waals surface area contributed by atoms with Gasteiger partial charge in [0.05, 0.1) is 22.0 Å². The van der Waals surface area contributed by atoms with Gasteiger partial charge in [0.2, 0.25) is 0 Å². The molecule has 2 rings (SSSR count). The normalized spacial score (nSPS) is 20.3. The molecule has 0 bridgehead atoms. The Morgan fingerprint density at radius 1 is 1.33 bits per heavy atom. The first-order chi connectivity index (χ1) is 8.45. The molecule has 1 aromatic rings. The molecule has 0 saturated carbocycles. The van der Waals surface area contributed by atoms with E-state index < -0.39 is 5.60 Å². The van der Waals surface area contributed by atoms with Gasteiger partial charge in [-0.05, 0) is 26.3 Å². The molecule has 0 atom stereocenters. The summed E-state index contributed by atoms with van der Waals surface area (Å²) >= 11 is 6.33. The summed E-state index contributed by atoms with van der Waals surface area (Å²) in [5.74, 6) is 0. The predicted octanol–water partition coefficient (Wildman–Crippen LogP) is 1.64. The number of piperidine rings is 1. The first-order valence-corrected chi connectivity index (χ1v) is 6.94. The molecule has 0 radical (unpaired) electrons. The zero-order valence-electron chi connectivity index (χ0n) is 11.4. The maximum absolute atomic E-state index is 10.6. The monoisotopic (exact) mass is 271 g/mol. The summed E-state index contributed by atoms with van der Waals surface area (Å²) in [6.07, 6.45) is 3.02. The highest BCUT2D eigenvalue weighted by molar-refractivity contribution is 6.31. The summed E-state index contributed by atoms with van der Waals surface area (Å²) < 4.78 is 1.82. The van der Waals surface area contributed by atoms with E-state index in [1.54, 1.807) is 0 Å². The number of halogens is 1. The van der Waals surface area contributed by atoms with Crippen LogP contribution in [-0.4, -0.2) is 45.5 Å². The van der Waals surface area contributed by atoms with E-state index in [1.807, 2.05) is 18.7 Å². The molecule has 0 spiro atoms. The van der Waals surface area contributed by atoms with Crippen LogP contribution in [0.25, 0.3) is 0 Å². The van der Waals surface area contributed by atoms with Crippen LogP contribution in [0.2, 0.25) is 5.02 Å². The van der Waals surface area contributed by atoms with E-state index in [2.05, 4.69) is 17.0 Å². The molecule has 2 heterocycles. The molecule has 0 amide bonds. The van der Waals surface area contributed by atoms with E-state index >= 15 is 0 Å². The minimum Gasteiger partial charge on any atom is -0.389 e. The lowest BCUT2D eigenvalue weighted by Gasteiger charge is -2.36. The summed E-state index contributed by atoms with van der Waals surface area (Å²) in [7, 11) is 3.99. The van der Waals surface area contributed by atoms with Crippen LogP contribution in [0.3, 0.4) is 0 Å². The smallest absolute Gasteiger partial charge is 0.0850 e. The maximum atomic E-state index is 10.6. The molecule has 1 aliphatic heterocycles. The van der Waals surface area contributed by atoms with Gasteiger partial charge in [-0.15, -0.1) is 0 Å². The van der Waals surface area contributed by atoms with Crippen molar-refractivity contribution in [2.75, 3.05) is 20.1 Å². The van der Waals surface area contributed by atoms with E-state index in [0.29, 0.717) is 6.42 Å². The Bertz CT molecular complexity index is 422. The van der Waals surface area contributed by atoms with E-state index in [4.69, 9.17) is 11.6 Å². The lowest BCUT2D eigenvalue weighted by Crippen LogP contribution is -2.44. The quantitative estimate of drug-likeness (QED) is 0.909. The SMILES string of the molecule is CCc1nn(C)c(CC2(O)CCN(C)CC2)c1Cl. The van der Waals surface area contributed by atoms with Crippen molar-refractivity contribution in [1.82, 2.24) is 14.7 Å². The van der Waals surface area contributed by atoms with Gasteiger partial charge in [0.15, 0.2) is 0 Å². The van der Waals surface area contributed by atoms with Crippen molar-refractivity contribution in [3.63, 3.8) is 0 Å². The lowest BCUT2D eigenvalue weighted by molar-refractivity contribution is -0.0163.